The summed E-state index contributed by atoms with van der Waals surface area (Å²) in [7, 11) is 0. The number of hydrogen-bond donors (Lipinski definition) is 2. The highest BCUT2D eigenvalue weighted by Crippen LogP contribution is 2.10. The van der Waals surface area contributed by atoms with Gasteiger partial charge in [-0.05, 0) is 32.4 Å². The fourth-order valence-corrected chi connectivity index (χ4v) is 1.32. The van der Waals surface area contributed by atoms with Gasteiger partial charge in [0, 0.05) is 12.7 Å². The van der Waals surface area contributed by atoms with Gasteiger partial charge >= 0.3 is 6.09 Å². The van der Waals surface area contributed by atoms with Crippen LogP contribution in [-0.2, 0) is 4.74 Å². The van der Waals surface area contributed by atoms with Gasteiger partial charge in [0.25, 0.3) is 0 Å². The lowest BCUT2D eigenvalue weighted by molar-refractivity contribution is 0.0534. The maximum absolute atomic E-state index is 11.4. The molecule has 1 rings (SSSR count). The predicted octanol–water partition coefficient (Wildman–Crippen LogP) is 2.07. The Morgan fingerprint density at radius 3 is 2.90 bits per heavy atom. The number of nitriles is 1. The van der Waals surface area contributed by atoms with Crippen molar-refractivity contribution in [3.8, 4) is 6.07 Å². The van der Waals surface area contributed by atoms with Gasteiger partial charge in [-0.3, -0.25) is 0 Å². The zero-order valence-corrected chi connectivity index (χ0v) is 11.8. The van der Waals surface area contributed by atoms with E-state index in [2.05, 4.69) is 10.3 Å². The van der Waals surface area contributed by atoms with Crippen molar-refractivity contribution in [2.75, 3.05) is 12.3 Å². The molecule has 20 heavy (non-hydrogen) atoms. The third-order valence-electron chi connectivity index (χ3n) is 2.13. The maximum atomic E-state index is 11.4. The molecule has 0 aromatic carbocycles. The minimum atomic E-state index is -0.517. The summed E-state index contributed by atoms with van der Waals surface area (Å²) in [6, 6.07) is 3.59. The molecule has 0 spiro atoms. The first kappa shape index (κ1) is 15.5. The van der Waals surface area contributed by atoms with E-state index in [1.54, 1.807) is 45.2 Å². The van der Waals surface area contributed by atoms with Crippen LogP contribution in [-0.4, -0.2) is 23.2 Å². The molecular weight excluding hydrogens is 256 g/mol. The standard InChI is InChI=1S/C14H18N4O2/c1-14(2,3)20-13(19)17-6-4-5-10-7-11(8-15)12(16)18-9-10/h4-5,7,9H,6H2,1-3H3,(H2,16,18)(H,17,19). The quantitative estimate of drug-likeness (QED) is 0.878. The lowest BCUT2D eigenvalue weighted by Gasteiger charge is -2.19. The number of alkyl carbamates (subject to hydrolysis) is 1. The molecule has 0 bridgehead atoms. The molecule has 0 unspecified atom stereocenters. The Morgan fingerprint density at radius 2 is 2.30 bits per heavy atom. The van der Waals surface area contributed by atoms with E-state index in [-0.39, 0.29) is 5.82 Å². The van der Waals surface area contributed by atoms with E-state index in [0.717, 1.165) is 5.56 Å². The second-order valence-corrected chi connectivity index (χ2v) is 5.10. The number of anilines is 1. The number of nitrogens with zero attached hydrogens (tertiary/aromatic N) is 2. The zero-order chi connectivity index (χ0) is 15.2. The van der Waals surface area contributed by atoms with E-state index in [9.17, 15) is 4.79 Å². The first-order chi connectivity index (χ1) is 9.31. The molecule has 0 saturated carbocycles. The topological polar surface area (TPSA) is 101 Å². The third kappa shape index (κ3) is 5.40. The van der Waals surface area contributed by atoms with Crippen LogP contribution in [0.15, 0.2) is 18.3 Å². The van der Waals surface area contributed by atoms with Crippen LogP contribution < -0.4 is 11.1 Å². The number of aromatic nitrogens is 1. The Hall–Kier alpha value is -2.55. The predicted molar refractivity (Wildman–Crippen MR) is 76.6 cm³/mol. The van der Waals surface area contributed by atoms with E-state index in [4.69, 9.17) is 15.7 Å². The van der Waals surface area contributed by atoms with Crippen LogP contribution >= 0.6 is 0 Å². The van der Waals surface area contributed by atoms with Crippen molar-refractivity contribution < 1.29 is 9.53 Å². The van der Waals surface area contributed by atoms with E-state index >= 15 is 0 Å². The van der Waals surface area contributed by atoms with Crippen molar-refractivity contribution in [1.29, 1.82) is 5.26 Å². The number of hydrogen-bond acceptors (Lipinski definition) is 5. The monoisotopic (exact) mass is 274 g/mol. The summed E-state index contributed by atoms with van der Waals surface area (Å²) in [4.78, 5) is 15.3. The summed E-state index contributed by atoms with van der Waals surface area (Å²) >= 11 is 0. The molecule has 106 valence electrons. The van der Waals surface area contributed by atoms with E-state index in [1.807, 2.05) is 6.07 Å². The van der Waals surface area contributed by atoms with Gasteiger partial charge < -0.3 is 15.8 Å². The van der Waals surface area contributed by atoms with Crippen LogP contribution in [0, 0.1) is 11.3 Å². The van der Waals surface area contributed by atoms with Gasteiger partial charge in [0.05, 0.1) is 5.56 Å². The minimum absolute atomic E-state index is 0.205. The normalized spacial score (nSPS) is 11.1. The van der Waals surface area contributed by atoms with E-state index < -0.39 is 11.7 Å². The molecule has 0 aliphatic rings. The summed E-state index contributed by atoms with van der Waals surface area (Å²) in [6.45, 7) is 5.71. The second kappa shape index (κ2) is 6.57. The van der Waals surface area contributed by atoms with Crippen molar-refractivity contribution in [3.63, 3.8) is 0 Å². The molecule has 1 aromatic heterocycles. The molecule has 1 heterocycles. The molecule has 0 aliphatic carbocycles. The smallest absolute Gasteiger partial charge is 0.407 e. The average Bonchev–Trinajstić information content (AvgIpc) is 2.34. The molecule has 0 fully saturated rings. The van der Waals surface area contributed by atoms with Crippen LogP contribution in [0.5, 0.6) is 0 Å². The fraction of sp³-hybridized carbons (Fsp3) is 0.357. The fourth-order valence-electron chi connectivity index (χ4n) is 1.32. The van der Waals surface area contributed by atoms with Crippen molar-refractivity contribution in [1.82, 2.24) is 10.3 Å². The maximum Gasteiger partial charge on any atom is 0.407 e. The molecule has 0 aliphatic heterocycles. The summed E-state index contributed by atoms with van der Waals surface area (Å²) < 4.78 is 5.09. The SMILES string of the molecule is CC(C)(C)OC(=O)NCC=Cc1cnc(N)c(C#N)c1. The number of carbonyl (C=O) groups is 1. The largest absolute Gasteiger partial charge is 0.444 e. The number of nitrogens with one attached hydrogen (secondary N) is 1. The Kier molecular flexibility index (Phi) is 5.09. The minimum Gasteiger partial charge on any atom is -0.444 e. The summed E-state index contributed by atoms with van der Waals surface area (Å²) in [6.07, 6.45) is 4.55. The molecule has 6 heteroatoms. The summed E-state index contributed by atoms with van der Waals surface area (Å²) in [5, 5.41) is 11.4. The highest BCUT2D eigenvalue weighted by Gasteiger charge is 2.14. The number of carbonyl (C=O) groups excluding carboxylic acids is 1. The van der Waals surface area contributed by atoms with Crippen LogP contribution in [0.3, 0.4) is 0 Å². The Morgan fingerprint density at radius 1 is 1.60 bits per heavy atom. The summed E-state index contributed by atoms with van der Waals surface area (Å²) in [5.74, 6) is 0.205. The van der Waals surface area contributed by atoms with Crippen LogP contribution in [0.2, 0.25) is 0 Å². The van der Waals surface area contributed by atoms with Crippen molar-refractivity contribution in [3.05, 3.63) is 29.5 Å². The number of pyridine rings is 1. The van der Waals surface area contributed by atoms with Crippen molar-refractivity contribution in [2.24, 2.45) is 0 Å². The average molecular weight is 274 g/mol. The highest BCUT2D eigenvalue weighted by molar-refractivity contribution is 5.68. The molecule has 6 nitrogen and oxygen atoms in total. The van der Waals surface area contributed by atoms with Crippen molar-refractivity contribution >= 4 is 18.0 Å². The number of nitrogen functional groups attached to an aromatic ring is 1. The van der Waals surface area contributed by atoms with E-state index in [1.165, 1.54) is 0 Å². The first-order valence-electron chi connectivity index (χ1n) is 6.11. The first-order valence-corrected chi connectivity index (χ1v) is 6.11. The van der Waals surface area contributed by atoms with Gasteiger partial charge in [0.15, 0.2) is 0 Å². The Bertz CT molecular complexity index is 553. The molecule has 3 N–H and O–H groups in total. The molecule has 1 aromatic rings. The zero-order valence-electron chi connectivity index (χ0n) is 11.8. The number of ether oxygens (including phenoxy) is 1. The molecule has 0 saturated heterocycles. The van der Waals surface area contributed by atoms with Gasteiger partial charge in [-0.15, -0.1) is 0 Å². The number of rotatable bonds is 3. The van der Waals surface area contributed by atoms with Gasteiger partial charge in [-0.25, -0.2) is 9.78 Å². The molecule has 0 radical (unpaired) electrons. The highest BCUT2D eigenvalue weighted by atomic mass is 16.6. The van der Waals surface area contributed by atoms with Crippen LogP contribution in [0.4, 0.5) is 10.6 Å². The summed E-state index contributed by atoms with van der Waals surface area (Å²) in [5.41, 5.74) is 6.07. The van der Waals surface area contributed by atoms with Gasteiger partial charge in [0.2, 0.25) is 0 Å². The van der Waals surface area contributed by atoms with Gasteiger partial charge in [-0.1, -0.05) is 12.2 Å². The number of nitrogens with two attached hydrogens (primary N) is 1. The second-order valence-electron chi connectivity index (χ2n) is 5.10. The van der Waals surface area contributed by atoms with E-state index in [0.29, 0.717) is 12.1 Å². The van der Waals surface area contributed by atoms with Crippen LogP contribution in [0.1, 0.15) is 31.9 Å². The molecular formula is C14H18N4O2. The van der Waals surface area contributed by atoms with Crippen LogP contribution in [0.25, 0.3) is 6.08 Å². The lowest BCUT2D eigenvalue weighted by atomic mass is 10.2. The van der Waals surface area contributed by atoms with Crippen molar-refractivity contribution in [2.45, 2.75) is 26.4 Å². The number of amides is 1. The molecule has 0 atom stereocenters. The molecule has 1 amide bonds. The van der Waals surface area contributed by atoms with Gasteiger partial charge in [0.1, 0.15) is 17.5 Å². The Balaban J connectivity index is 2.50. The van der Waals surface area contributed by atoms with Gasteiger partial charge in [-0.2, -0.15) is 5.26 Å². The third-order valence-corrected chi connectivity index (χ3v) is 2.13. The lowest BCUT2D eigenvalue weighted by Crippen LogP contribution is -2.32. The Labute approximate surface area is 118 Å².